The van der Waals surface area contributed by atoms with Crippen molar-refractivity contribution in [2.24, 2.45) is 0 Å². The number of rotatable bonds is 6. The fraction of sp³-hybridized carbons (Fsp3) is 0.483. The highest BCUT2D eigenvalue weighted by atomic mass is 19.1. The number of amides is 1. The molecule has 1 N–H and O–H groups in total. The van der Waals surface area contributed by atoms with Crippen LogP contribution in [0.5, 0.6) is 0 Å². The van der Waals surface area contributed by atoms with E-state index in [1.54, 1.807) is 25.4 Å². The van der Waals surface area contributed by atoms with E-state index in [9.17, 15) is 14.4 Å². The van der Waals surface area contributed by atoms with Crippen LogP contribution in [0.25, 0.3) is 5.82 Å². The summed E-state index contributed by atoms with van der Waals surface area (Å²) >= 11 is 0. The van der Waals surface area contributed by atoms with Crippen LogP contribution >= 0.6 is 0 Å². The molecule has 0 radical (unpaired) electrons. The zero-order valence-corrected chi connectivity index (χ0v) is 22.1. The predicted octanol–water partition coefficient (Wildman–Crippen LogP) is 4.28. The number of morpholine rings is 1. The van der Waals surface area contributed by atoms with Gasteiger partial charge in [-0.1, -0.05) is 0 Å². The van der Waals surface area contributed by atoms with Crippen molar-refractivity contribution in [2.75, 3.05) is 31.6 Å². The van der Waals surface area contributed by atoms with Crippen molar-refractivity contribution < 1.29 is 13.9 Å². The minimum atomic E-state index is -0.616. The molecule has 0 aromatic carbocycles. The van der Waals surface area contributed by atoms with Crippen molar-refractivity contribution >= 4 is 11.6 Å². The lowest BCUT2D eigenvalue weighted by Crippen LogP contribution is -2.47. The maximum absolute atomic E-state index is 14.8. The van der Waals surface area contributed by atoms with Gasteiger partial charge in [-0.15, -0.1) is 0 Å². The second-order valence-electron chi connectivity index (χ2n) is 10.9. The maximum Gasteiger partial charge on any atom is 0.259 e. The molecular formula is C29H32FN7O2. The van der Waals surface area contributed by atoms with Gasteiger partial charge in [-0.05, 0) is 75.1 Å². The van der Waals surface area contributed by atoms with Crippen molar-refractivity contribution in [1.29, 1.82) is 5.26 Å². The summed E-state index contributed by atoms with van der Waals surface area (Å²) in [6.45, 7) is 5.16. The Morgan fingerprint density at radius 2 is 1.90 bits per heavy atom. The molecule has 0 bridgehead atoms. The van der Waals surface area contributed by atoms with Crippen molar-refractivity contribution in [3.8, 4) is 11.9 Å². The molecule has 3 aromatic rings. The van der Waals surface area contributed by atoms with Crippen LogP contribution in [0.15, 0.2) is 36.8 Å². The molecule has 3 fully saturated rings. The second kappa shape index (κ2) is 10.5. The van der Waals surface area contributed by atoms with Crippen LogP contribution in [-0.4, -0.2) is 62.9 Å². The summed E-state index contributed by atoms with van der Waals surface area (Å²) in [7, 11) is 0. The molecule has 1 saturated heterocycles. The average Bonchev–Trinajstić information content (AvgIpc) is 3.76. The van der Waals surface area contributed by atoms with Gasteiger partial charge in [0.2, 0.25) is 0 Å². The van der Waals surface area contributed by atoms with Gasteiger partial charge < -0.3 is 10.1 Å². The minimum absolute atomic E-state index is 0.0760. The molecule has 3 aromatic heterocycles. The number of hydrogen-bond donors (Lipinski definition) is 1. The summed E-state index contributed by atoms with van der Waals surface area (Å²) in [6.07, 6.45) is 10.3. The minimum Gasteiger partial charge on any atom is -0.379 e. The Bertz CT molecular complexity index is 1400. The third kappa shape index (κ3) is 5.04. The van der Waals surface area contributed by atoms with E-state index in [2.05, 4.69) is 31.4 Å². The molecule has 4 heterocycles. The fourth-order valence-corrected chi connectivity index (χ4v) is 5.86. The Morgan fingerprint density at radius 3 is 2.54 bits per heavy atom. The molecule has 3 aliphatic rings. The molecule has 2 saturated carbocycles. The third-order valence-corrected chi connectivity index (χ3v) is 8.44. The number of halogens is 1. The lowest BCUT2D eigenvalue weighted by molar-refractivity contribution is 0.00493. The van der Waals surface area contributed by atoms with Crippen LogP contribution in [-0.2, 0) is 10.2 Å². The maximum atomic E-state index is 14.8. The van der Waals surface area contributed by atoms with Crippen LogP contribution in [0.2, 0.25) is 0 Å². The quantitative estimate of drug-likeness (QED) is 0.508. The lowest BCUT2D eigenvalue weighted by atomic mass is 9.71. The fourth-order valence-electron chi connectivity index (χ4n) is 5.86. The highest BCUT2D eigenvalue weighted by Gasteiger charge is 2.40. The van der Waals surface area contributed by atoms with Crippen LogP contribution in [0, 0.1) is 24.1 Å². The summed E-state index contributed by atoms with van der Waals surface area (Å²) in [5, 5.41) is 17.2. The summed E-state index contributed by atoms with van der Waals surface area (Å²) < 4.78 is 21.6. The number of nitriles is 1. The van der Waals surface area contributed by atoms with E-state index in [1.807, 2.05) is 6.07 Å². The molecule has 0 unspecified atom stereocenters. The van der Waals surface area contributed by atoms with E-state index in [4.69, 9.17) is 4.74 Å². The van der Waals surface area contributed by atoms with Gasteiger partial charge in [-0.25, -0.2) is 14.1 Å². The summed E-state index contributed by atoms with van der Waals surface area (Å²) in [5.41, 5.74) is 2.35. The van der Waals surface area contributed by atoms with Gasteiger partial charge in [0.15, 0.2) is 11.6 Å². The molecule has 39 heavy (non-hydrogen) atoms. The molecule has 1 aliphatic heterocycles. The van der Waals surface area contributed by atoms with Crippen molar-refractivity contribution in [3.05, 3.63) is 65.1 Å². The van der Waals surface area contributed by atoms with Crippen LogP contribution in [0.1, 0.15) is 71.8 Å². The predicted molar refractivity (Wildman–Crippen MR) is 142 cm³/mol. The van der Waals surface area contributed by atoms with Gasteiger partial charge in [-0.3, -0.25) is 14.7 Å². The molecule has 2 aliphatic carbocycles. The van der Waals surface area contributed by atoms with Gasteiger partial charge >= 0.3 is 0 Å². The number of nitrogens with zero attached hydrogens (tertiary/aromatic N) is 6. The highest BCUT2D eigenvalue weighted by Crippen LogP contribution is 2.41. The van der Waals surface area contributed by atoms with Crippen LogP contribution in [0.3, 0.4) is 0 Å². The van der Waals surface area contributed by atoms with E-state index in [0.717, 1.165) is 76.1 Å². The smallest absolute Gasteiger partial charge is 0.259 e. The number of carbonyl (C=O) groups excluding carboxylic acids is 1. The molecule has 0 spiro atoms. The summed E-state index contributed by atoms with van der Waals surface area (Å²) in [6, 6.07) is 8.16. The third-order valence-electron chi connectivity index (χ3n) is 8.44. The van der Waals surface area contributed by atoms with Crippen LogP contribution in [0.4, 0.5) is 10.1 Å². The lowest BCUT2D eigenvalue weighted by Gasteiger charge is -2.41. The van der Waals surface area contributed by atoms with Crippen molar-refractivity contribution in [1.82, 2.24) is 24.6 Å². The van der Waals surface area contributed by atoms with Gasteiger partial charge in [0.25, 0.3) is 5.91 Å². The Hall–Kier alpha value is -3.68. The second-order valence-corrected chi connectivity index (χ2v) is 10.9. The molecule has 202 valence electrons. The van der Waals surface area contributed by atoms with E-state index in [0.29, 0.717) is 28.9 Å². The number of carbonyl (C=O) groups is 1. The molecule has 1 amide bonds. The van der Waals surface area contributed by atoms with Gasteiger partial charge in [0, 0.05) is 25.3 Å². The van der Waals surface area contributed by atoms with E-state index in [1.165, 1.54) is 16.9 Å². The number of anilines is 1. The molecule has 6 rings (SSSR count). The monoisotopic (exact) mass is 529 g/mol. The Balaban J connectivity index is 1.12. The number of hydrogen-bond acceptors (Lipinski definition) is 7. The number of nitrogens with one attached hydrogen (secondary N) is 1. The van der Waals surface area contributed by atoms with Gasteiger partial charge in [0.05, 0.1) is 59.7 Å². The van der Waals surface area contributed by atoms with E-state index in [-0.39, 0.29) is 11.7 Å². The zero-order valence-electron chi connectivity index (χ0n) is 22.1. The summed E-state index contributed by atoms with van der Waals surface area (Å²) in [4.78, 5) is 24.4. The van der Waals surface area contributed by atoms with Gasteiger partial charge in [0.1, 0.15) is 0 Å². The Labute approximate surface area is 227 Å². The first-order chi connectivity index (χ1) is 19.0. The molecule has 9 nitrogen and oxygen atoms in total. The van der Waals surface area contributed by atoms with Crippen molar-refractivity contribution in [2.45, 2.75) is 62.8 Å². The van der Waals surface area contributed by atoms with Gasteiger partial charge in [-0.2, -0.15) is 10.4 Å². The topological polar surface area (TPSA) is 109 Å². The normalized spacial score (nSPS) is 23.8. The van der Waals surface area contributed by atoms with Crippen molar-refractivity contribution in [3.63, 3.8) is 0 Å². The standard InChI is InChI=1S/C29H32FN7O2/c1-19-24(17-34-37(19)27-25(30)14-21(15-33-27)20-2-3-20)28(38)35-22-4-5-26(32-16-22)29(18-31)8-6-23(7-9-29)36-10-12-39-13-11-36/h4-5,14-17,20,23H,2-3,6-13H2,1H3,(H,35,38)/t23-,29-. The SMILES string of the molecule is Cc1c(C(=O)Nc2ccc([C@]3(C#N)CC[C@@H](N4CCOCC4)CC3)nc2)cnn1-c1ncc(C2CC2)cc1F. The summed E-state index contributed by atoms with van der Waals surface area (Å²) in [5.74, 6) is -0.353. The van der Waals surface area contributed by atoms with E-state index < -0.39 is 11.2 Å². The first kappa shape index (κ1) is 25.6. The molecule has 10 heteroatoms. The first-order valence-electron chi connectivity index (χ1n) is 13.7. The molecular weight excluding hydrogens is 497 g/mol. The Kier molecular flexibility index (Phi) is 6.87. The highest BCUT2D eigenvalue weighted by molar-refractivity contribution is 6.04. The number of ether oxygens (including phenoxy) is 1. The Morgan fingerprint density at radius 1 is 1.13 bits per heavy atom. The van der Waals surface area contributed by atoms with E-state index >= 15 is 0 Å². The first-order valence-corrected chi connectivity index (χ1v) is 13.7. The number of aromatic nitrogens is 4. The molecule has 0 atom stereocenters. The zero-order chi connectivity index (χ0) is 27.0. The average molecular weight is 530 g/mol. The number of pyridine rings is 2. The van der Waals surface area contributed by atoms with Crippen LogP contribution < -0.4 is 5.32 Å². The largest absolute Gasteiger partial charge is 0.379 e.